The fourth-order valence-corrected chi connectivity index (χ4v) is 4.63. The van der Waals surface area contributed by atoms with E-state index in [1.165, 1.54) is 0 Å². The van der Waals surface area contributed by atoms with E-state index in [-0.39, 0.29) is 17.5 Å². The maximum Gasteiger partial charge on any atom is 0.255 e. The van der Waals surface area contributed by atoms with Gasteiger partial charge in [-0.05, 0) is 24.7 Å². The van der Waals surface area contributed by atoms with Gasteiger partial charge in [-0.2, -0.15) is 0 Å². The summed E-state index contributed by atoms with van der Waals surface area (Å²) in [6, 6.07) is 5.62. The smallest absolute Gasteiger partial charge is 0.255 e. The summed E-state index contributed by atoms with van der Waals surface area (Å²) in [7, 11) is 3.61. The molecule has 3 aromatic rings. The highest BCUT2D eigenvalue weighted by molar-refractivity contribution is 5.97. The van der Waals surface area contributed by atoms with Crippen LogP contribution < -0.4 is 10.2 Å². The Balaban J connectivity index is 1.35. The van der Waals surface area contributed by atoms with Crippen LogP contribution in [0.4, 0.5) is 21.8 Å². The minimum atomic E-state index is -0.543. The van der Waals surface area contributed by atoms with Crippen molar-refractivity contribution in [1.82, 2.24) is 29.3 Å². The Morgan fingerprint density at radius 3 is 2.56 bits per heavy atom. The van der Waals surface area contributed by atoms with Gasteiger partial charge in [0.25, 0.3) is 5.91 Å². The molecule has 10 heteroatoms. The Kier molecular flexibility index (Phi) is 5.91. The quantitative estimate of drug-likeness (QED) is 0.621. The molecule has 34 heavy (non-hydrogen) atoms. The Morgan fingerprint density at radius 1 is 1.06 bits per heavy atom. The maximum absolute atomic E-state index is 14.7. The second-order valence-corrected chi connectivity index (χ2v) is 8.76. The highest BCUT2D eigenvalue weighted by Gasteiger charge is 2.27. The second-order valence-electron chi connectivity index (χ2n) is 8.76. The molecule has 5 rings (SSSR count). The van der Waals surface area contributed by atoms with Gasteiger partial charge in [-0.1, -0.05) is 6.92 Å². The minimum absolute atomic E-state index is 0.0590. The Hall–Kier alpha value is -3.53. The van der Waals surface area contributed by atoms with Crippen LogP contribution in [0.3, 0.4) is 0 Å². The van der Waals surface area contributed by atoms with Crippen LogP contribution in [0.1, 0.15) is 23.0 Å². The van der Waals surface area contributed by atoms with E-state index in [0.717, 1.165) is 56.7 Å². The van der Waals surface area contributed by atoms with Crippen molar-refractivity contribution in [2.24, 2.45) is 7.05 Å². The van der Waals surface area contributed by atoms with Crippen LogP contribution in [-0.2, 0) is 13.5 Å². The van der Waals surface area contributed by atoms with E-state index < -0.39 is 5.82 Å². The number of anilines is 3. The highest BCUT2D eigenvalue weighted by Crippen LogP contribution is 2.30. The Labute approximate surface area is 198 Å². The first-order chi connectivity index (χ1) is 16.4. The summed E-state index contributed by atoms with van der Waals surface area (Å²) in [6.45, 7) is 7.95. The van der Waals surface area contributed by atoms with Crippen molar-refractivity contribution in [2.75, 3.05) is 56.5 Å². The van der Waals surface area contributed by atoms with E-state index >= 15 is 0 Å². The summed E-state index contributed by atoms with van der Waals surface area (Å²) in [4.78, 5) is 32.0. The lowest BCUT2D eigenvalue weighted by Gasteiger charge is -2.35. The molecule has 178 valence electrons. The van der Waals surface area contributed by atoms with Gasteiger partial charge in [0.2, 0.25) is 5.95 Å². The lowest BCUT2D eigenvalue weighted by molar-refractivity contribution is 0.0779. The third-order valence-corrected chi connectivity index (χ3v) is 6.78. The molecular formula is C24H29FN8O. The molecule has 0 aromatic carbocycles. The van der Waals surface area contributed by atoms with Gasteiger partial charge in [0.15, 0.2) is 5.82 Å². The third kappa shape index (κ3) is 4.09. The van der Waals surface area contributed by atoms with E-state index in [9.17, 15) is 9.18 Å². The van der Waals surface area contributed by atoms with E-state index in [2.05, 4.69) is 37.0 Å². The van der Waals surface area contributed by atoms with Gasteiger partial charge in [-0.3, -0.25) is 4.79 Å². The molecule has 0 unspecified atom stereocenters. The molecule has 1 N–H and O–H groups in total. The standard InChI is InChI=1S/C24H29FN8O/c1-4-32-9-11-33(12-10-32)16-5-6-21(26-14-16)28-24-27-15-18(25)22(29-24)20-13-17-19(31(20)3)7-8-30(2)23(17)34/h5-6,13-15H,4,7-12H2,1-3H3,(H,26,27,28,29). The van der Waals surface area contributed by atoms with Crippen LogP contribution in [0.5, 0.6) is 0 Å². The Bertz CT molecular complexity index is 1200. The fourth-order valence-electron chi connectivity index (χ4n) is 4.63. The lowest BCUT2D eigenvalue weighted by Crippen LogP contribution is -2.46. The van der Waals surface area contributed by atoms with Gasteiger partial charge in [0, 0.05) is 58.9 Å². The molecule has 9 nitrogen and oxygen atoms in total. The summed E-state index contributed by atoms with van der Waals surface area (Å²) in [5, 5.41) is 3.07. The van der Waals surface area contributed by atoms with Crippen LogP contribution in [0, 0.1) is 5.82 Å². The topological polar surface area (TPSA) is 82.4 Å². The van der Waals surface area contributed by atoms with E-state index in [0.29, 0.717) is 23.6 Å². The summed E-state index contributed by atoms with van der Waals surface area (Å²) >= 11 is 0. The number of hydrogen-bond acceptors (Lipinski definition) is 7. The van der Waals surface area contributed by atoms with Crippen LogP contribution in [0.25, 0.3) is 11.4 Å². The number of rotatable bonds is 5. The van der Waals surface area contributed by atoms with E-state index in [1.54, 1.807) is 18.0 Å². The van der Waals surface area contributed by atoms with Gasteiger partial charge in [0.1, 0.15) is 11.5 Å². The van der Waals surface area contributed by atoms with Gasteiger partial charge in [-0.15, -0.1) is 0 Å². The molecule has 1 fully saturated rings. The number of amides is 1. The second kappa shape index (κ2) is 9.02. The predicted octanol–water partition coefficient (Wildman–Crippen LogP) is 2.53. The van der Waals surface area contributed by atoms with Crippen LogP contribution >= 0.6 is 0 Å². The minimum Gasteiger partial charge on any atom is -0.368 e. The molecule has 1 amide bonds. The zero-order valence-corrected chi connectivity index (χ0v) is 19.8. The van der Waals surface area contributed by atoms with E-state index in [1.807, 2.05) is 29.9 Å². The normalized spacial score (nSPS) is 16.6. The number of hydrogen-bond donors (Lipinski definition) is 1. The number of nitrogens with one attached hydrogen (secondary N) is 1. The molecule has 0 saturated carbocycles. The number of aromatic nitrogens is 4. The van der Waals surface area contributed by atoms with Crippen LogP contribution in [0.15, 0.2) is 30.6 Å². The SMILES string of the molecule is CCN1CCN(c2ccc(Nc3ncc(F)c(-c4cc5c(n4C)CCN(C)C5=O)n3)nc2)CC1. The monoisotopic (exact) mass is 464 g/mol. The van der Waals surface area contributed by atoms with Crippen molar-refractivity contribution in [3.63, 3.8) is 0 Å². The van der Waals surface area contributed by atoms with Crippen molar-refractivity contribution < 1.29 is 9.18 Å². The van der Waals surface area contributed by atoms with Gasteiger partial charge in [-0.25, -0.2) is 19.3 Å². The number of carbonyl (C=O) groups excluding carboxylic acids is 1. The number of halogens is 1. The number of pyridine rings is 1. The number of likely N-dealkylation sites (N-methyl/N-ethyl adjacent to an activating group) is 2. The van der Waals surface area contributed by atoms with Crippen molar-refractivity contribution in [3.05, 3.63) is 47.7 Å². The summed E-state index contributed by atoms with van der Waals surface area (Å²) < 4.78 is 16.6. The lowest BCUT2D eigenvalue weighted by atomic mass is 10.1. The molecule has 0 radical (unpaired) electrons. The number of carbonyl (C=O) groups is 1. The molecule has 1 saturated heterocycles. The van der Waals surface area contributed by atoms with Crippen molar-refractivity contribution >= 4 is 23.4 Å². The van der Waals surface area contributed by atoms with Crippen LogP contribution in [0.2, 0.25) is 0 Å². The van der Waals surface area contributed by atoms with Gasteiger partial charge >= 0.3 is 0 Å². The van der Waals surface area contributed by atoms with Crippen molar-refractivity contribution in [2.45, 2.75) is 13.3 Å². The average molecular weight is 465 g/mol. The van der Waals surface area contributed by atoms with Gasteiger partial charge in [0.05, 0.1) is 29.3 Å². The molecule has 2 aliphatic rings. The largest absolute Gasteiger partial charge is 0.368 e. The first-order valence-electron chi connectivity index (χ1n) is 11.6. The number of nitrogens with zero attached hydrogens (tertiary/aromatic N) is 7. The summed E-state index contributed by atoms with van der Waals surface area (Å²) in [6.07, 6.45) is 3.70. The Morgan fingerprint density at radius 2 is 1.85 bits per heavy atom. The fraction of sp³-hybridized carbons (Fsp3) is 0.417. The summed E-state index contributed by atoms with van der Waals surface area (Å²) in [5.41, 5.74) is 3.26. The molecule has 0 atom stereocenters. The molecule has 0 aliphatic carbocycles. The molecule has 5 heterocycles. The van der Waals surface area contributed by atoms with Crippen LogP contribution in [-0.4, -0.2) is 81.5 Å². The zero-order chi connectivity index (χ0) is 23.8. The molecular weight excluding hydrogens is 435 g/mol. The van der Waals surface area contributed by atoms with Crippen molar-refractivity contribution in [1.29, 1.82) is 0 Å². The van der Waals surface area contributed by atoms with Crippen molar-refractivity contribution in [3.8, 4) is 11.4 Å². The van der Waals surface area contributed by atoms with E-state index in [4.69, 9.17) is 0 Å². The zero-order valence-electron chi connectivity index (χ0n) is 19.8. The average Bonchev–Trinajstić information content (AvgIpc) is 3.20. The molecule has 2 aliphatic heterocycles. The predicted molar refractivity (Wildman–Crippen MR) is 129 cm³/mol. The van der Waals surface area contributed by atoms with Gasteiger partial charge < -0.3 is 24.6 Å². The molecule has 0 spiro atoms. The summed E-state index contributed by atoms with van der Waals surface area (Å²) in [5.74, 6) is 0.224. The first-order valence-corrected chi connectivity index (χ1v) is 11.6. The molecule has 0 bridgehead atoms. The first kappa shape index (κ1) is 22.3. The number of piperazine rings is 1. The molecule has 3 aromatic heterocycles. The maximum atomic E-state index is 14.7. The number of fused-ring (bicyclic) bond motifs is 1. The highest BCUT2D eigenvalue weighted by atomic mass is 19.1. The third-order valence-electron chi connectivity index (χ3n) is 6.78.